The van der Waals surface area contributed by atoms with Crippen molar-refractivity contribution in [2.24, 2.45) is 5.73 Å². The Labute approximate surface area is 82.9 Å². The van der Waals surface area contributed by atoms with E-state index in [0.717, 1.165) is 16.7 Å². The monoisotopic (exact) mass is 191 g/mol. The van der Waals surface area contributed by atoms with Gasteiger partial charge >= 0.3 is 0 Å². The molecule has 0 fully saturated rings. The number of phenolic OH excluding ortho intramolecular Hbond substituents is 1. The number of rotatable bonds is 2. The molecule has 0 unspecified atom stereocenters. The zero-order valence-electron chi connectivity index (χ0n) is 8.24. The summed E-state index contributed by atoms with van der Waals surface area (Å²) in [6.45, 7) is 3.62. The maximum Gasteiger partial charge on any atom is 0.241 e. The maximum absolute atomic E-state index is 10.5. The minimum atomic E-state index is -0.478. The van der Waals surface area contributed by atoms with Crippen LogP contribution in [0.5, 0.6) is 5.75 Å². The highest BCUT2D eigenvalue weighted by Crippen LogP contribution is 2.23. The molecule has 1 rings (SSSR count). The molecule has 0 aliphatic carbocycles. The van der Waals surface area contributed by atoms with Crippen molar-refractivity contribution in [3.8, 4) is 5.75 Å². The molecule has 0 aromatic heterocycles. The quantitative estimate of drug-likeness (QED) is 0.696. The van der Waals surface area contributed by atoms with E-state index in [1.165, 1.54) is 6.08 Å². The van der Waals surface area contributed by atoms with E-state index in [0.29, 0.717) is 5.75 Å². The first-order valence-corrected chi connectivity index (χ1v) is 4.28. The number of carbonyl (C=O) groups is 1. The van der Waals surface area contributed by atoms with Crippen LogP contribution in [0.2, 0.25) is 0 Å². The molecule has 0 aliphatic rings. The topological polar surface area (TPSA) is 63.3 Å². The Bertz CT molecular complexity index is 371. The second-order valence-corrected chi connectivity index (χ2v) is 3.24. The smallest absolute Gasteiger partial charge is 0.241 e. The fourth-order valence-electron chi connectivity index (χ4n) is 1.26. The molecule has 0 aliphatic heterocycles. The molecule has 3 N–H and O–H groups in total. The van der Waals surface area contributed by atoms with E-state index < -0.39 is 5.91 Å². The van der Waals surface area contributed by atoms with E-state index in [1.54, 1.807) is 18.2 Å². The summed E-state index contributed by atoms with van der Waals surface area (Å²) in [6.07, 6.45) is 2.92. The molecule has 0 bridgehead atoms. The highest BCUT2D eigenvalue weighted by molar-refractivity contribution is 5.90. The first-order chi connectivity index (χ1) is 6.50. The van der Waals surface area contributed by atoms with Crippen LogP contribution >= 0.6 is 0 Å². The lowest BCUT2D eigenvalue weighted by molar-refractivity contribution is -0.113. The Morgan fingerprint density at radius 1 is 1.36 bits per heavy atom. The predicted molar refractivity (Wildman–Crippen MR) is 55.8 cm³/mol. The van der Waals surface area contributed by atoms with E-state index in [-0.39, 0.29) is 0 Å². The predicted octanol–water partition coefficient (Wildman–Crippen LogP) is 1.51. The van der Waals surface area contributed by atoms with Gasteiger partial charge in [-0.1, -0.05) is 0 Å². The first kappa shape index (κ1) is 10.3. The Kier molecular flexibility index (Phi) is 2.92. The van der Waals surface area contributed by atoms with Crippen molar-refractivity contribution in [3.05, 3.63) is 34.9 Å². The van der Waals surface area contributed by atoms with E-state index in [1.807, 2.05) is 13.8 Å². The molecule has 3 nitrogen and oxygen atoms in total. The fourth-order valence-corrected chi connectivity index (χ4v) is 1.26. The van der Waals surface area contributed by atoms with Gasteiger partial charge in [0, 0.05) is 6.08 Å². The lowest BCUT2D eigenvalue weighted by atomic mass is 10.1. The first-order valence-electron chi connectivity index (χ1n) is 4.28. The molecule has 14 heavy (non-hydrogen) atoms. The maximum atomic E-state index is 10.5. The van der Waals surface area contributed by atoms with Gasteiger partial charge in [0.2, 0.25) is 5.91 Å². The molecule has 1 amide bonds. The van der Waals surface area contributed by atoms with Crippen LogP contribution in [0.3, 0.4) is 0 Å². The summed E-state index contributed by atoms with van der Waals surface area (Å²) in [5, 5.41) is 9.49. The zero-order chi connectivity index (χ0) is 10.7. The van der Waals surface area contributed by atoms with Crippen LogP contribution in [0.4, 0.5) is 0 Å². The van der Waals surface area contributed by atoms with E-state index in [9.17, 15) is 9.90 Å². The van der Waals surface area contributed by atoms with Crippen molar-refractivity contribution in [1.82, 2.24) is 0 Å². The average molecular weight is 191 g/mol. The number of benzene rings is 1. The SMILES string of the molecule is Cc1cc(C=CC(N)=O)cc(C)c1O. The zero-order valence-corrected chi connectivity index (χ0v) is 8.24. The van der Waals surface area contributed by atoms with Crippen molar-refractivity contribution < 1.29 is 9.90 Å². The van der Waals surface area contributed by atoms with Gasteiger partial charge in [-0.15, -0.1) is 0 Å². The summed E-state index contributed by atoms with van der Waals surface area (Å²) in [5.74, 6) is -0.186. The standard InChI is InChI=1S/C11H13NO2/c1-7-5-9(3-4-10(12)13)6-8(2)11(7)14/h3-6,14H,1-2H3,(H2,12,13). The van der Waals surface area contributed by atoms with E-state index >= 15 is 0 Å². The third-order valence-corrected chi connectivity index (χ3v) is 1.95. The van der Waals surface area contributed by atoms with Crippen molar-refractivity contribution in [1.29, 1.82) is 0 Å². The summed E-state index contributed by atoms with van der Waals surface area (Å²) in [6, 6.07) is 3.59. The van der Waals surface area contributed by atoms with Crippen molar-refractivity contribution in [3.63, 3.8) is 0 Å². The van der Waals surface area contributed by atoms with Crippen molar-refractivity contribution in [2.45, 2.75) is 13.8 Å². The van der Waals surface area contributed by atoms with Gasteiger partial charge in [0.25, 0.3) is 0 Å². The molecular weight excluding hydrogens is 178 g/mol. The number of carbonyl (C=O) groups excluding carboxylic acids is 1. The molecule has 0 saturated heterocycles. The van der Waals surface area contributed by atoms with Crippen LogP contribution in [0, 0.1) is 13.8 Å². The van der Waals surface area contributed by atoms with Crippen LogP contribution in [0.1, 0.15) is 16.7 Å². The van der Waals surface area contributed by atoms with Gasteiger partial charge in [-0.3, -0.25) is 4.79 Å². The fraction of sp³-hybridized carbons (Fsp3) is 0.182. The second kappa shape index (κ2) is 3.96. The van der Waals surface area contributed by atoms with E-state index in [4.69, 9.17) is 5.73 Å². The molecule has 0 radical (unpaired) electrons. The Morgan fingerprint density at radius 2 is 1.86 bits per heavy atom. The highest BCUT2D eigenvalue weighted by atomic mass is 16.3. The van der Waals surface area contributed by atoms with Crippen LogP contribution < -0.4 is 5.73 Å². The number of hydrogen-bond acceptors (Lipinski definition) is 2. The third-order valence-electron chi connectivity index (χ3n) is 1.95. The Morgan fingerprint density at radius 3 is 2.29 bits per heavy atom. The summed E-state index contributed by atoms with van der Waals surface area (Å²) >= 11 is 0. The number of aromatic hydroxyl groups is 1. The summed E-state index contributed by atoms with van der Waals surface area (Å²) in [4.78, 5) is 10.5. The summed E-state index contributed by atoms with van der Waals surface area (Å²) < 4.78 is 0. The van der Waals surface area contributed by atoms with Crippen LogP contribution in [0.25, 0.3) is 6.08 Å². The van der Waals surface area contributed by atoms with Gasteiger partial charge in [-0.2, -0.15) is 0 Å². The number of primary amides is 1. The minimum absolute atomic E-state index is 0.293. The molecule has 3 heteroatoms. The van der Waals surface area contributed by atoms with Gasteiger partial charge in [0.15, 0.2) is 0 Å². The number of amides is 1. The van der Waals surface area contributed by atoms with Crippen LogP contribution in [-0.4, -0.2) is 11.0 Å². The lowest BCUT2D eigenvalue weighted by Gasteiger charge is -2.04. The molecule has 1 aromatic carbocycles. The number of aryl methyl sites for hydroxylation is 2. The largest absolute Gasteiger partial charge is 0.507 e. The number of hydrogen-bond donors (Lipinski definition) is 2. The minimum Gasteiger partial charge on any atom is -0.507 e. The molecule has 0 heterocycles. The Balaban J connectivity index is 3.07. The second-order valence-electron chi connectivity index (χ2n) is 3.24. The van der Waals surface area contributed by atoms with Crippen LogP contribution in [-0.2, 0) is 4.79 Å². The molecule has 74 valence electrons. The molecule has 1 aromatic rings. The molecule has 0 saturated carbocycles. The number of nitrogens with two attached hydrogens (primary N) is 1. The van der Waals surface area contributed by atoms with Crippen molar-refractivity contribution in [2.75, 3.05) is 0 Å². The average Bonchev–Trinajstić information content (AvgIpc) is 2.10. The van der Waals surface area contributed by atoms with Gasteiger partial charge in [-0.25, -0.2) is 0 Å². The van der Waals surface area contributed by atoms with Crippen molar-refractivity contribution >= 4 is 12.0 Å². The summed E-state index contributed by atoms with van der Waals surface area (Å²) in [5.41, 5.74) is 7.40. The lowest BCUT2D eigenvalue weighted by Crippen LogP contribution is -2.05. The van der Waals surface area contributed by atoms with Gasteiger partial charge < -0.3 is 10.8 Å². The van der Waals surface area contributed by atoms with Gasteiger partial charge in [0.1, 0.15) is 5.75 Å². The molecule has 0 atom stereocenters. The number of phenols is 1. The van der Waals surface area contributed by atoms with Gasteiger partial charge in [-0.05, 0) is 48.7 Å². The molecule has 0 spiro atoms. The van der Waals surface area contributed by atoms with E-state index in [2.05, 4.69) is 0 Å². The highest BCUT2D eigenvalue weighted by Gasteiger charge is 2.01. The van der Waals surface area contributed by atoms with Gasteiger partial charge in [0.05, 0.1) is 0 Å². The van der Waals surface area contributed by atoms with Crippen LogP contribution in [0.15, 0.2) is 18.2 Å². The molecular formula is C11H13NO2. The normalized spacial score (nSPS) is 10.7. The summed E-state index contributed by atoms with van der Waals surface area (Å²) in [7, 11) is 0. The Hall–Kier alpha value is -1.77. The third kappa shape index (κ3) is 2.36.